The van der Waals surface area contributed by atoms with Crippen LogP contribution in [0.2, 0.25) is 0 Å². The van der Waals surface area contributed by atoms with Crippen molar-refractivity contribution in [1.29, 1.82) is 0 Å². The maximum Gasteiger partial charge on any atom is 0.227 e. The van der Waals surface area contributed by atoms with Crippen LogP contribution in [0.5, 0.6) is 5.75 Å². The minimum absolute atomic E-state index is 0.0688. The second-order valence-corrected chi connectivity index (χ2v) is 6.16. The van der Waals surface area contributed by atoms with Crippen molar-refractivity contribution in [1.82, 2.24) is 4.90 Å². The van der Waals surface area contributed by atoms with Crippen LogP contribution in [-0.2, 0) is 17.6 Å². The Morgan fingerprint density at radius 3 is 2.77 bits per heavy atom. The average Bonchev–Trinajstić information content (AvgIpc) is 3.07. The molecular weight excluding hydrogens is 326 g/mol. The number of hydrogen-bond donors (Lipinski definition) is 0. The Bertz CT molecular complexity index is 883. The van der Waals surface area contributed by atoms with E-state index < -0.39 is 0 Å². The molecule has 0 saturated carbocycles. The lowest BCUT2D eigenvalue weighted by atomic mass is 10.1. The van der Waals surface area contributed by atoms with Crippen molar-refractivity contribution in [2.45, 2.75) is 12.8 Å². The summed E-state index contributed by atoms with van der Waals surface area (Å²) < 4.78 is 10.8. The molecule has 0 aliphatic rings. The Morgan fingerprint density at radius 1 is 1.23 bits per heavy atom. The fourth-order valence-electron chi connectivity index (χ4n) is 2.98. The summed E-state index contributed by atoms with van der Waals surface area (Å²) in [4.78, 5) is 14.6. The minimum atomic E-state index is 0.0688. The van der Waals surface area contributed by atoms with Crippen molar-refractivity contribution in [3.63, 3.8) is 0 Å². The summed E-state index contributed by atoms with van der Waals surface area (Å²) in [6.07, 6.45) is 4.55. The van der Waals surface area contributed by atoms with Gasteiger partial charge in [-0.25, -0.2) is 0 Å². The van der Waals surface area contributed by atoms with Gasteiger partial charge in [-0.3, -0.25) is 4.79 Å². The van der Waals surface area contributed by atoms with Crippen LogP contribution >= 0.6 is 0 Å². The van der Waals surface area contributed by atoms with Crippen molar-refractivity contribution in [3.05, 3.63) is 78.6 Å². The minimum Gasteiger partial charge on any atom is -0.497 e. The highest BCUT2D eigenvalue weighted by Crippen LogP contribution is 2.26. The summed E-state index contributed by atoms with van der Waals surface area (Å²) in [6, 6.07) is 15.8. The second-order valence-electron chi connectivity index (χ2n) is 6.16. The van der Waals surface area contributed by atoms with E-state index in [-0.39, 0.29) is 5.91 Å². The third kappa shape index (κ3) is 4.14. The van der Waals surface area contributed by atoms with Crippen LogP contribution in [0.25, 0.3) is 11.0 Å². The number of hydrogen-bond acceptors (Lipinski definition) is 3. The molecule has 4 nitrogen and oxygen atoms in total. The number of carbonyl (C=O) groups is 1. The van der Waals surface area contributed by atoms with Crippen molar-refractivity contribution in [2.24, 2.45) is 0 Å². The molecule has 1 amide bonds. The van der Waals surface area contributed by atoms with Gasteiger partial charge >= 0.3 is 0 Å². The quantitative estimate of drug-likeness (QED) is 0.571. The first-order chi connectivity index (χ1) is 12.7. The van der Waals surface area contributed by atoms with E-state index in [9.17, 15) is 4.79 Å². The molecule has 0 atom stereocenters. The van der Waals surface area contributed by atoms with Gasteiger partial charge in [0.2, 0.25) is 5.91 Å². The van der Waals surface area contributed by atoms with Crippen molar-refractivity contribution < 1.29 is 13.9 Å². The molecule has 0 spiro atoms. The maximum absolute atomic E-state index is 12.8. The van der Waals surface area contributed by atoms with Gasteiger partial charge < -0.3 is 14.1 Å². The van der Waals surface area contributed by atoms with E-state index in [1.807, 2.05) is 41.3 Å². The van der Waals surface area contributed by atoms with Gasteiger partial charge in [0.25, 0.3) is 0 Å². The van der Waals surface area contributed by atoms with Gasteiger partial charge in [0.05, 0.1) is 19.8 Å². The summed E-state index contributed by atoms with van der Waals surface area (Å²) in [5, 5.41) is 0.945. The number of carbonyl (C=O) groups excluding carboxylic acids is 1. The Balaban J connectivity index is 1.70. The predicted molar refractivity (Wildman–Crippen MR) is 103 cm³/mol. The Kier molecular flexibility index (Phi) is 5.74. The zero-order chi connectivity index (χ0) is 18.4. The zero-order valence-corrected chi connectivity index (χ0v) is 15.0. The van der Waals surface area contributed by atoms with Gasteiger partial charge in [0, 0.05) is 30.1 Å². The van der Waals surface area contributed by atoms with Crippen LogP contribution in [-0.4, -0.2) is 31.0 Å². The highest BCUT2D eigenvalue weighted by atomic mass is 16.5. The third-order valence-corrected chi connectivity index (χ3v) is 4.42. The first-order valence-electron chi connectivity index (χ1n) is 8.68. The number of fused-ring (bicyclic) bond motifs is 1. The van der Waals surface area contributed by atoms with E-state index in [2.05, 4.69) is 18.7 Å². The van der Waals surface area contributed by atoms with Crippen LogP contribution in [0.3, 0.4) is 0 Å². The van der Waals surface area contributed by atoms with Crippen molar-refractivity contribution in [3.8, 4) is 5.75 Å². The highest BCUT2D eigenvalue weighted by Gasteiger charge is 2.16. The SMILES string of the molecule is C=CCN(CCc1ccccc1)C(=O)Cc1coc2cc(OC)ccc12. The molecule has 1 heterocycles. The van der Waals surface area contributed by atoms with Crippen LogP contribution < -0.4 is 4.74 Å². The summed E-state index contributed by atoms with van der Waals surface area (Å²) in [6.45, 7) is 4.98. The molecule has 0 unspecified atom stereocenters. The van der Waals surface area contributed by atoms with Gasteiger partial charge in [0.15, 0.2) is 0 Å². The maximum atomic E-state index is 12.8. The Morgan fingerprint density at radius 2 is 2.04 bits per heavy atom. The number of nitrogens with zero attached hydrogens (tertiary/aromatic N) is 1. The number of furan rings is 1. The summed E-state index contributed by atoms with van der Waals surface area (Å²) in [5.41, 5.74) is 2.84. The van der Waals surface area contributed by atoms with E-state index in [4.69, 9.17) is 9.15 Å². The number of ether oxygens (including phenoxy) is 1. The standard InChI is InChI=1S/C22H23NO3/c1-3-12-23(13-11-17-7-5-4-6-8-17)22(24)14-18-16-26-21-15-19(25-2)9-10-20(18)21/h3-10,15-16H,1,11-14H2,2H3. The fraction of sp³-hybridized carbons (Fsp3) is 0.227. The number of rotatable bonds is 8. The molecular formula is C22H23NO3. The van der Waals surface area contributed by atoms with Gasteiger partial charge in [-0.2, -0.15) is 0 Å². The number of amides is 1. The average molecular weight is 349 g/mol. The predicted octanol–water partition coefficient (Wildman–Crippen LogP) is 4.24. The van der Waals surface area contributed by atoms with E-state index >= 15 is 0 Å². The van der Waals surface area contributed by atoms with Gasteiger partial charge in [-0.15, -0.1) is 6.58 Å². The zero-order valence-electron chi connectivity index (χ0n) is 15.0. The monoisotopic (exact) mass is 349 g/mol. The molecule has 0 saturated heterocycles. The lowest BCUT2D eigenvalue weighted by Crippen LogP contribution is -2.34. The van der Waals surface area contributed by atoms with Crippen LogP contribution in [0.1, 0.15) is 11.1 Å². The van der Waals surface area contributed by atoms with E-state index in [1.165, 1.54) is 5.56 Å². The molecule has 0 N–H and O–H groups in total. The van der Waals surface area contributed by atoms with E-state index in [0.717, 1.165) is 28.7 Å². The molecule has 0 fully saturated rings. The van der Waals surface area contributed by atoms with Crippen LogP contribution in [0.4, 0.5) is 0 Å². The van der Waals surface area contributed by atoms with Gasteiger partial charge in [-0.1, -0.05) is 36.4 Å². The lowest BCUT2D eigenvalue weighted by Gasteiger charge is -2.21. The highest BCUT2D eigenvalue weighted by molar-refractivity contribution is 5.88. The smallest absolute Gasteiger partial charge is 0.227 e. The Hall–Kier alpha value is -3.01. The fourth-order valence-corrected chi connectivity index (χ4v) is 2.98. The second kappa shape index (κ2) is 8.39. The summed E-state index contributed by atoms with van der Waals surface area (Å²) in [5.74, 6) is 0.806. The van der Waals surface area contributed by atoms with E-state index in [1.54, 1.807) is 19.4 Å². The molecule has 0 aliphatic heterocycles. The third-order valence-electron chi connectivity index (χ3n) is 4.42. The molecule has 0 radical (unpaired) electrons. The molecule has 26 heavy (non-hydrogen) atoms. The number of methoxy groups -OCH3 is 1. The summed E-state index contributed by atoms with van der Waals surface area (Å²) >= 11 is 0. The molecule has 2 aromatic carbocycles. The molecule has 3 aromatic rings. The van der Waals surface area contributed by atoms with Crippen LogP contribution in [0.15, 0.2) is 71.9 Å². The number of benzene rings is 2. The molecule has 0 bridgehead atoms. The summed E-state index contributed by atoms with van der Waals surface area (Å²) in [7, 11) is 1.62. The molecule has 3 rings (SSSR count). The van der Waals surface area contributed by atoms with Crippen LogP contribution in [0, 0.1) is 0 Å². The first-order valence-corrected chi connectivity index (χ1v) is 8.68. The molecule has 4 heteroatoms. The van der Waals surface area contributed by atoms with Gasteiger partial charge in [-0.05, 0) is 24.1 Å². The van der Waals surface area contributed by atoms with Crippen molar-refractivity contribution in [2.75, 3.05) is 20.2 Å². The largest absolute Gasteiger partial charge is 0.497 e. The van der Waals surface area contributed by atoms with Crippen molar-refractivity contribution >= 4 is 16.9 Å². The Labute approximate surface area is 153 Å². The topological polar surface area (TPSA) is 42.7 Å². The lowest BCUT2D eigenvalue weighted by molar-refractivity contribution is -0.129. The first kappa shape index (κ1) is 17.8. The molecule has 0 aliphatic carbocycles. The van der Waals surface area contributed by atoms with E-state index in [0.29, 0.717) is 19.5 Å². The molecule has 134 valence electrons. The molecule has 1 aromatic heterocycles. The normalized spacial score (nSPS) is 10.7. The van der Waals surface area contributed by atoms with Gasteiger partial charge in [0.1, 0.15) is 11.3 Å².